The summed E-state index contributed by atoms with van der Waals surface area (Å²) >= 11 is 0. The number of fused-ring (bicyclic) bond motifs is 3. The van der Waals surface area contributed by atoms with Crippen LogP contribution < -0.4 is 5.73 Å². The molecule has 3 fully saturated rings. The Morgan fingerprint density at radius 3 is 2.44 bits per heavy atom. The summed E-state index contributed by atoms with van der Waals surface area (Å²) in [5, 5.41) is 0. The predicted molar refractivity (Wildman–Crippen MR) is 111 cm³/mol. The molecular formula is C24H43NO2. The molecule has 3 aliphatic carbocycles. The molecule has 9 atom stereocenters. The number of hydrogen-bond donors (Lipinski definition) is 1. The van der Waals surface area contributed by atoms with Crippen molar-refractivity contribution in [3.63, 3.8) is 0 Å². The number of hydrogen-bond acceptors (Lipinski definition) is 3. The maximum Gasteiger partial charge on any atom is 0.133 e. The fourth-order valence-corrected chi connectivity index (χ4v) is 8.12. The molecular weight excluding hydrogens is 334 g/mol. The van der Waals surface area contributed by atoms with Gasteiger partial charge in [-0.3, -0.25) is 4.79 Å². The Balaban J connectivity index is 2.06. The zero-order valence-corrected chi connectivity index (χ0v) is 18.8. The second-order valence-electron chi connectivity index (χ2n) is 10.9. The largest absolute Gasteiger partial charge is 0.381 e. The molecule has 156 valence electrons. The van der Waals surface area contributed by atoms with Crippen LogP contribution >= 0.6 is 0 Å². The zero-order valence-electron chi connectivity index (χ0n) is 18.8. The Morgan fingerprint density at radius 2 is 1.89 bits per heavy atom. The van der Waals surface area contributed by atoms with Crippen molar-refractivity contribution >= 4 is 5.78 Å². The van der Waals surface area contributed by atoms with Gasteiger partial charge in [0.25, 0.3) is 0 Å². The number of nitrogens with two attached hydrogens (primary N) is 1. The first kappa shape index (κ1) is 21.3. The Morgan fingerprint density at radius 1 is 1.22 bits per heavy atom. The number of carbonyl (C=O) groups excluding carboxylic acids is 1. The number of ketones is 1. The molecule has 0 bridgehead atoms. The minimum absolute atomic E-state index is 0.0225. The van der Waals surface area contributed by atoms with E-state index in [0.717, 1.165) is 31.1 Å². The molecule has 0 aliphatic heterocycles. The average molecular weight is 378 g/mol. The molecule has 3 heteroatoms. The second kappa shape index (κ2) is 7.13. The highest BCUT2D eigenvalue weighted by Crippen LogP contribution is 2.66. The van der Waals surface area contributed by atoms with Gasteiger partial charge in [0.15, 0.2) is 0 Å². The lowest BCUT2D eigenvalue weighted by molar-refractivity contribution is -0.200. The predicted octanol–water partition coefficient (Wildman–Crippen LogP) is 5.21. The van der Waals surface area contributed by atoms with Gasteiger partial charge in [-0.05, 0) is 68.1 Å². The Bertz CT molecular complexity index is 577. The van der Waals surface area contributed by atoms with Gasteiger partial charge < -0.3 is 10.5 Å². The van der Waals surface area contributed by atoms with Crippen LogP contribution in [0.4, 0.5) is 0 Å². The lowest BCUT2D eigenvalue weighted by atomic mass is 9.39. The zero-order chi connectivity index (χ0) is 20.2. The Kier molecular flexibility index (Phi) is 5.62. The monoisotopic (exact) mass is 377 g/mol. The van der Waals surface area contributed by atoms with E-state index in [1.807, 2.05) is 7.11 Å². The molecule has 27 heavy (non-hydrogen) atoms. The first-order chi connectivity index (χ1) is 12.6. The quantitative estimate of drug-likeness (QED) is 0.731. The molecule has 0 heterocycles. The molecule has 0 aromatic carbocycles. The van der Waals surface area contributed by atoms with Gasteiger partial charge in [0.1, 0.15) is 5.78 Å². The summed E-state index contributed by atoms with van der Waals surface area (Å²) in [6.07, 6.45) is 8.50. The summed E-state index contributed by atoms with van der Waals surface area (Å²) in [6, 6.07) is 0. The topological polar surface area (TPSA) is 52.3 Å². The van der Waals surface area contributed by atoms with Gasteiger partial charge in [-0.15, -0.1) is 0 Å². The third-order valence-electron chi connectivity index (χ3n) is 9.94. The SMILES string of the molecule is CCC1C2(N)CCC3CC(C)CCC3(C)C2CC(OC)C1(C)C(C)C(C)=O. The van der Waals surface area contributed by atoms with Gasteiger partial charge in [0, 0.05) is 24.0 Å². The fourth-order valence-electron chi connectivity index (χ4n) is 8.12. The van der Waals surface area contributed by atoms with E-state index in [1.165, 1.54) is 25.7 Å². The van der Waals surface area contributed by atoms with Crippen LogP contribution in [0.15, 0.2) is 0 Å². The molecule has 0 amide bonds. The van der Waals surface area contributed by atoms with Crippen molar-refractivity contribution in [2.75, 3.05) is 7.11 Å². The van der Waals surface area contributed by atoms with Crippen molar-refractivity contribution in [1.29, 1.82) is 0 Å². The number of Topliss-reactive ketones (excluding diaryl/α,β-unsaturated/α-hetero) is 1. The van der Waals surface area contributed by atoms with E-state index in [-0.39, 0.29) is 28.8 Å². The fraction of sp³-hybridized carbons (Fsp3) is 0.958. The third-order valence-corrected chi connectivity index (χ3v) is 9.94. The second-order valence-corrected chi connectivity index (χ2v) is 10.9. The highest BCUT2D eigenvalue weighted by Gasteiger charge is 2.66. The number of carbonyl (C=O) groups is 1. The normalized spacial score (nSPS) is 51.2. The summed E-state index contributed by atoms with van der Waals surface area (Å²) in [4.78, 5) is 12.5. The lowest BCUT2D eigenvalue weighted by Gasteiger charge is -2.68. The van der Waals surface area contributed by atoms with Crippen LogP contribution in [0.25, 0.3) is 0 Å². The molecule has 0 aromatic rings. The molecule has 3 nitrogen and oxygen atoms in total. The summed E-state index contributed by atoms with van der Waals surface area (Å²) in [5.74, 6) is 2.72. The van der Waals surface area contributed by atoms with Crippen LogP contribution in [-0.2, 0) is 9.53 Å². The van der Waals surface area contributed by atoms with Crippen LogP contribution in [0.2, 0.25) is 0 Å². The van der Waals surface area contributed by atoms with E-state index < -0.39 is 0 Å². The highest BCUT2D eigenvalue weighted by atomic mass is 16.5. The number of rotatable bonds is 4. The van der Waals surface area contributed by atoms with Crippen molar-refractivity contribution in [1.82, 2.24) is 0 Å². The van der Waals surface area contributed by atoms with Gasteiger partial charge in [-0.2, -0.15) is 0 Å². The molecule has 3 rings (SSSR count). The molecule has 9 unspecified atom stereocenters. The minimum Gasteiger partial charge on any atom is -0.381 e. The van der Waals surface area contributed by atoms with Gasteiger partial charge in [-0.1, -0.05) is 47.5 Å². The summed E-state index contributed by atoms with van der Waals surface area (Å²) in [6.45, 7) is 13.4. The maximum atomic E-state index is 12.5. The molecule has 2 N–H and O–H groups in total. The molecule has 3 saturated carbocycles. The summed E-state index contributed by atoms with van der Waals surface area (Å²) < 4.78 is 6.14. The Hall–Kier alpha value is -0.410. The first-order valence-corrected chi connectivity index (χ1v) is 11.4. The molecule has 0 saturated heterocycles. The van der Waals surface area contributed by atoms with E-state index in [9.17, 15) is 4.79 Å². The van der Waals surface area contributed by atoms with Gasteiger partial charge in [0.2, 0.25) is 0 Å². The van der Waals surface area contributed by atoms with E-state index in [2.05, 4.69) is 34.6 Å². The Labute approximate surface area is 167 Å². The van der Waals surface area contributed by atoms with Gasteiger partial charge in [-0.25, -0.2) is 0 Å². The van der Waals surface area contributed by atoms with Crippen LogP contribution in [-0.4, -0.2) is 24.5 Å². The standard InChI is InChI=1S/C24H43NO2/c1-8-19-23(6,16(3)17(4)26)21(27-7)14-20-22(5)11-9-15(2)13-18(22)10-12-24(19,20)25/h15-16,18-21H,8-14,25H2,1-7H3. The van der Waals surface area contributed by atoms with Crippen molar-refractivity contribution in [3.05, 3.63) is 0 Å². The van der Waals surface area contributed by atoms with Crippen molar-refractivity contribution in [2.24, 2.45) is 46.2 Å². The molecule has 0 aromatic heterocycles. The number of ether oxygens (including phenoxy) is 1. The van der Waals surface area contributed by atoms with Gasteiger partial charge >= 0.3 is 0 Å². The van der Waals surface area contributed by atoms with E-state index in [4.69, 9.17) is 10.5 Å². The van der Waals surface area contributed by atoms with Crippen molar-refractivity contribution in [2.45, 2.75) is 98.1 Å². The smallest absolute Gasteiger partial charge is 0.133 e. The maximum absolute atomic E-state index is 12.5. The molecule has 0 spiro atoms. The first-order valence-electron chi connectivity index (χ1n) is 11.4. The third kappa shape index (κ3) is 2.94. The highest BCUT2D eigenvalue weighted by molar-refractivity contribution is 5.79. The van der Waals surface area contributed by atoms with Crippen LogP contribution in [0, 0.1) is 40.4 Å². The van der Waals surface area contributed by atoms with Crippen LogP contribution in [0.3, 0.4) is 0 Å². The van der Waals surface area contributed by atoms with E-state index in [0.29, 0.717) is 17.3 Å². The van der Waals surface area contributed by atoms with Crippen LogP contribution in [0.5, 0.6) is 0 Å². The summed E-state index contributed by atoms with van der Waals surface area (Å²) in [7, 11) is 1.84. The minimum atomic E-state index is -0.189. The summed E-state index contributed by atoms with van der Waals surface area (Å²) in [5.41, 5.74) is 7.37. The number of methoxy groups -OCH3 is 1. The molecule has 0 radical (unpaired) electrons. The van der Waals surface area contributed by atoms with Gasteiger partial charge in [0.05, 0.1) is 6.10 Å². The van der Waals surface area contributed by atoms with E-state index in [1.54, 1.807) is 6.92 Å². The van der Waals surface area contributed by atoms with E-state index >= 15 is 0 Å². The average Bonchev–Trinajstić information content (AvgIpc) is 2.61. The molecule has 3 aliphatic rings. The van der Waals surface area contributed by atoms with Crippen molar-refractivity contribution in [3.8, 4) is 0 Å². The van der Waals surface area contributed by atoms with Crippen molar-refractivity contribution < 1.29 is 9.53 Å². The van der Waals surface area contributed by atoms with Crippen LogP contribution in [0.1, 0.15) is 86.5 Å². The lowest BCUT2D eigenvalue weighted by Crippen LogP contribution is -2.72.